The van der Waals surface area contributed by atoms with Crippen LogP contribution in [0.4, 0.5) is 5.69 Å². The Morgan fingerprint density at radius 3 is 2.75 bits per heavy atom. The van der Waals surface area contributed by atoms with Crippen molar-refractivity contribution in [3.8, 4) is 17.0 Å². The zero-order valence-electron chi connectivity index (χ0n) is 15.8. The molecule has 0 saturated carbocycles. The summed E-state index contributed by atoms with van der Waals surface area (Å²) in [5.41, 5.74) is 5.07. The van der Waals surface area contributed by atoms with Gasteiger partial charge in [-0.05, 0) is 48.9 Å². The zero-order chi connectivity index (χ0) is 19.5. The smallest absolute Gasteiger partial charge is 0.221 e. The van der Waals surface area contributed by atoms with Crippen LogP contribution in [0.25, 0.3) is 22.2 Å². The molecule has 0 fully saturated rings. The number of aryl methyl sites for hydroxylation is 1. The quantitative estimate of drug-likeness (QED) is 0.476. The van der Waals surface area contributed by atoms with Gasteiger partial charge in [0, 0.05) is 41.4 Å². The molecular formula is C22H21N3O2S. The predicted octanol–water partition coefficient (Wildman–Crippen LogP) is 5.18. The van der Waals surface area contributed by atoms with E-state index in [1.807, 2.05) is 43.5 Å². The summed E-state index contributed by atoms with van der Waals surface area (Å²) in [6.07, 6.45) is 2.60. The van der Waals surface area contributed by atoms with E-state index >= 15 is 0 Å². The minimum Gasteiger partial charge on any atom is -0.493 e. The first-order chi connectivity index (χ1) is 13.6. The molecule has 1 amide bonds. The first-order valence-electron chi connectivity index (χ1n) is 9.11. The number of fused-ring (bicyclic) bond motifs is 1. The molecule has 0 aliphatic heterocycles. The van der Waals surface area contributed by atoms with E-state index in [4.69, 9.17) is 4.74 Å². The molecule has 0 unspecified atom stereocenters. The summed E-state index contributed by atoms with van der Waals surface area (Å²) in [4.78, 5) is 19.0. The number of hydrogen-bond acceptors (Lipinski definition) is 4. The molecule has 6 heteroatoms. The van der Waals surface area contributed by atoms with Crippen LogP contribution >= 0.6 is 11.3 Å². The lowest BCUT2D eigenvalue weighted by molar-refractivity contribution is -0.114. The van der Waals surface area contributed by atoms with Crippen molar-refractivity contribution in [2.75, 3.05) is 11.9 Å². The number of aromatic nitrogens is 2. The largest absolute Gasteiger partial charge is 0.493 e. The van der Waals surface area contributed by atoms with E-state index in [0.29, 0.717) is 6.61 Å². The molecule has 0 aliphatic carbocycles. The molecule has 2 heterocycles. The van der Waals surface area contributed by atoms with Crippen LogP contribution in [0.5, 0.6) is 5.75 Å². The normalized spacial score (nSPS) is 10.9. The number of hydrogen-bond donors (Lipinski definition) is 2. The predicted molar refractivity (Wildman–Crippen MR) is 114 cm³/mol. The van der Waals surface area contributed by atoms with Crippen LogP contribution in [0, 0.1) is 6.92 Å². The third-order valence-corrected chi connectivity index (χ3v) is 5.26. The third-order valence-electron chi connectivity index (χ3n) is 4.49. The second kappa shape index (κ2) is 7.86. The Morgan fingerprint density at radius 1 is 1.21 bits per heavy atom. The minimum absolute atomic E-state index is 0.0779. The summed E-state index contributed by atoms with van der Waals surface area (Å²) in [6.45, 7) is 4.10. The highest BCUT2D eigenvalue weighted by Crippen LogP contribution is 2.26. The van der Waals surface area contributed by atoms with Crippen molar-refractivity contribution >= 4 is 33.8 Å². The van der Waals surface area contributed by atoms with E-state index in [1.54, 1.807) is 11.3 Å². The van der Waals surface area contributed by atoms with Crippen molar-refractivity contribution in [2.45, 2.75) is 20.3 Å². The van der Waals surface area contributed by atoms with E-state index < -0.39 is 0 Å². The molecule has 0 saturated heterocycles. The van der Waals surface area contributed by atoms with Gasteiger partial charge in [-0.2, -0.15) is 0 Å². The van der Waals surface area contributed by atoms with Crippen LogP contribution in [0.15, 0.2) is 54.0 Å². The average molecular weight is 391 g/mol. The highest BCUT2D eigenvalue weighted by molar-refractivity contribution is 7.09. The number of carbonyl (C=O) groups excluding carboxylic acids is 1. The Labute approximate surface area is 167 Å². The molecule has 0 radical (unpaired) electrons. The van der Waals surface area contributed by atoms with Crippen LogP contribution in [-0.4, -0.2) is 22.5 Å². The van der Waals surface area contributed by atoms with Crippen LogP contribution in [0.1, 0.15) is 17.5 Å². The lowest BCUT2D eigenvalue weighted by Gasteiger charge is -2.08. The molecule has 0 aliphatic rings. The molecule has 2 aromatic carbocycles. The number of rotatable bonds is 6. The summed E-state index contributed by atoms with van der Waals surface area (Å²) in [5, 5.41) is 6.99. The molecule has 4 aromatic rings. The molecule has 28 heavy (non-hydrogen) atoms. The van der Waals surface area contributed by atoms with Gasteiger partial charge in [-0.15, -0.1) is 11.3 Å². The lowest BCUT2D eigenvalue weighted by atomic mass is 10.1. The number of amides is 1. The van der Waals surface area contributed by atoms with Crippen molar-refractivity contribution in [2.24, 2.45) is 0 Å². The van der Waals surface area contributed by atoms with E-state index in [2.05, 4.69) is 32.8 Å². The number of benzene rings is 2. The Hall–Kier alpha value is -3.12. The fourth-order valence-electron chi connectivity index (χ4n) is 3.12. The van der Waals surface area contributed by atoms with Crippen molar-refractivity contribution in [1.82, 2.24) is 9.97 Å². The van der Waals surface area contributed by atoms with Crippen molar-refractivity contribution in [3.05, 3.63) is 64.6 Å². The van der Waals surface area contributed by atoms with Gasteiger partial charge in [0.1, 0.15) is 5.75 Å². The Bertz CT molecular complexity index is 1110. The molecular weight excluding hydrogens is 370 g/mol. The second-order valence-electron chi connectivity index (χ2n) is 6.64. The van der Waals surface area contributed by atoms with Crippen molar-refractivity contribution in [3.63, 3.8) is 0 Å². The molecule has 0 spiro atoms. The van der Waals surface area contributed by atoms with Gasteiger partial charge < -0.3 is 15.0 Å². The SMILES string of the molecule is CC(=O)Nc1c[nH]c2ccc(CCOc3ccc(-c4csc(C)n4)cc3)cc12. The second-order valence-corrected chi connectivity index (χ2v) is 7.70. The highest BCUT2D eigenvalue weighted by atomic mass is 32.1. The Kier molecular flexibility index (Phi) is 5.12. The van der Waals surface area contributed by atoms with Gasteiger partial charge in [-0.1, -0.05) is 6.07 Å². The summed E-state index contributed by atoms with van der Waals surface area (Å²) in [7, 11) is 0. The molecule has 0 bridgehead atoms. The number of H-pyrrole nitrogens is 1. The number of anilines is 1. The van der Waals surface area contributed by atoms with Gasteiger partial charge in [0.15, 0.2) is 0 Å². The highest BCUT2D eigenvalue weighted by Gasteiger charge is 2.07. The Morgan fingerprint density at radius 2 is 2.04 bits per heavy atom. The van der Waals surface area contributed by atoms with E-state index in [-0.39, 0.29) is 5.91 Å². The maximum absolute atomic E-state index is 11.3. The summed E-state index contributed by atoms with van der Waals surface area (Å²) < 4.78 is 5.90. The summed E-state index contributed by atoms with van der Waals surface area (Å²) in [6, 6.07) is 14.2. The van der Waals surface area contributed by atoms with E-state index in [9.17, 15) is 4.79 Å². The maximum atomic E-state index is 11.3. The van der Waals surface area contributed by atoms with E-state index in [0.717, 1.165) is 50.6 Å². The molecule has 5 nitrogen and oxygen atoms in total. The molecule has 2 aromatic heterocycles. The van der Waals surface area contributed by atoms with Gasteiger partial charge in [0.25, 0.3) is 0 Å². The van der Waals surface area contributed by atoms with Crippen LogP contribution in [-0.2, 0) is 11.2 Å². The van der Waals surface area contributed by atoms with Crippen LogP contribution in [0.3, 0.4) is 0 Å². The van der Waals surface area contributed by atoms with Crippen LogP contribution < -0.4 is 10.1 Å². The first kappa shape index (κ1) is 18.3. The standard InChI is InChI=1S/C22H21N3O2S/c1-14(26)24-21-12-23-20-8-3-16(11-19(20)21)9-10-27-18-6-4-17(5-7-18)22-13-28-15(2)25-22/h3-8,11-13,23H,9-10H2,1-2H3,(H,24,26). The van der Waals surface area contributed by atoms with Gasteiger partial charge >= 0.3 is 0 Å². The molecule has 2 N–H and O–H groups in total. The topological polar surface area (TPSA) is 67.0 Å². The van der Waals surface area contributed by atoms with E-state index in [1.165, 1.54) is 6.92 Å². The fraction of sp³-hybridized carbons (Fsp3) is 0.182. The summed E-state index contributed by atoms with van der Waals surface area (Å²) >= 11 is 1.65. The molecule has 142 valence electrons. The van der Waals surface area contributed by atoms with Gasteiger partial charge in [0.05, 0.1) is 23.0 Å². The monoisotopic (exact) mass is 391 g/mol. The lowest BCUT2D eigenvalue weighted by Crippen LogP contribution is -2.05. The fourth-order valence-corrected chi connectivity index (χ4v) is 3.74. The molecule has 0 atom stereocenters. The van der Waals surface area contributed by atoms with Crippen molar-refractivity contribution < 1.29 is 9.53 Å². The van der Waals surface area contributed by atoms with Gasteiger partial charge in [0.2, 0.25) is 5.91 Å². The number of carbonyl (C=O) groups is 1. The van der Waals surface area contributed by atoms with Crippen molar-refractivity contribution in [1.29, 1.82) is 0 Å². The number of ether oxygens (including phenoxy) is 1. The zero-order valence-corrected chi connectivity index (χ0v) is 16.6. The van der Waals surface area contributed by atoms with Gasteiger partial charge in [-0.3, -0.25) is 4.79 Å². The third kappa shape index (κ3) is 4.07. The van der Waals surface area contributed by atoms with Crippen LogP contribution in [0.2, 0.25) is 0 Å². The maximum Gasteiger partial charge on any atom is 0.221 e. The first-order valence-corrected chi connectivity index (χ1v) is 9.99. The minimum atomic E-state index is -0.0779. The Balaban J connectivity index is 1.38. The number of nitrogens with one attached hydrogen (secondary N) is 2. The number of thiazole rings is 1. The number of aromatic amines is 1. The average Bonchev–Trinajstić information content (AvgIpc) is 3.28. The summed E-state index contributed by atoms with van der Waals surface area (Å²) in [5.74, 6) is 0.767. The molecule has 4 rings (SSSR count). The number of nitrogens with zero attached hydrogens (tertiary/aromatic N) is 1. The van der Waals surface area contributed by atoms with Gasteiger partial charge in [-0.25, -0.2) is 4.98 Å².